The van der Waals surface area contributed by atoms with E-state index in [9.17, 15) is 19.5 Å². The molecule has 7 rings (SSSR count). The van der Waals surface area contributed by atoms with Crippen LogP contribution < -0.4 is 4.90 Å². The Morgan fingerprint density at radius 2 is 1.61 bits per heavy atom. The maximum Gasteiger partial charge on any atom is 0.246 e. The molecule has 2 aliphatic heterocycles. The highest BCUT2D eigenvalue weighted by Crippen LogP contribution is 2.65. The monoisotopic (exact) mass is 628 g/mol. The number of allylic oxidation sites excluding steroid dienone is 2. The van der Waals surface area contributed by atoms with Crippen LogP contribution in [0.15, 0.2) is 84.4 Å². The number of imide groups is 2. The van der Waals surface area contributed by atoms with E-state index >= 15 is 4.79 Å². The fourth-order valence-corrected chi connectivity index (χ4v) is 8.72. The lowest BCUT2D eigenvalue weighted by Crippen LogP contribution is -2.53. The quantitative estimate of drug-likeness (QED) is 0.265. The van der Waals surface area contributed by atoms with Gasteiger partial charge in [0.1, 0.15) is 5.75 Å². The molecule has 1 saturated carbocycles. The molecule has 0 unspecified atom stereocenters. The Bertz CT molecular complexity index is 1760. The Labute approximate surface area is 265 Å². The Kier molecular flexibility index (Phi) is 6.94. The molecule has 4 amide bonds. The number of benzene rings is 3. The molecule has 2 saturated heterocycles. The number of aromatic hydroxyl groups is 1. The third-order valence-electron chi connectivity index (χ3n) is 10.0. The number of nitrogens with zero attached hydrogens (tertiary/aromatic N) is 2. The van der Waals surface area contributed by atoms with E-state index in [0.717, 1.165) is 5.57 Å². The second-order valence-electron chi connectivity index (χ2n) is 12.1. The summed E-state index contributed by atoms with van der Waals surface area (Å²) in [6, 6.07) is 20.5. The number of likely N-dealkylation sites (tertiary alicyclic amines) is 1. The number of carbonyl (C=O) groups is 4. The van der Waals surface area contributed by atoms with Gasteiger partial charge in [0.2, 0.25) is 23.6 Å². The normalized spacial score (nSPS) is 29.4. The van der Waals surface area contributed by atoms with Crippen molar-refractivity contribution in [3.63, 3.8) is 0 Å². The van der Waals surface area contributed by atoms with Gasteiger partial charge in [0.15, 0.2) is 0 Å². The zero-order chi connectivity index (χ0) is 30.9. The van der Waals surface area contributed by atoms with Gasteiger partial charge in [-0.25, -0.2) is 4.90 Å². The summed E-state index contributed by atoms with van der Waals surface area (Å²) in [5.41, 5.74) is 0.685. The number of fused-ring (bicyclic) bond motifs is 4. The van der Waals surface area contributed by atoms with Crippen LogP contribution in [-0.2, 0) is 24.6 Å². The largest absolute Gasteiger partial charge is 0.508 e. The summed E-state index contributed by atoms with van der Waals surface area (Å²) in [4.78, 5) is 59.7. The number of anilines is 1. The number of phenolic OH excluding ortho intramolecular Hbond substituents is 1. The molecule has 7 nitrogen and oxygen atoms in total. The molecule has 4 aliphatic rings. The minimum absolute atomic E-state index is 0.0694. The predicted octanol–water partition coefficient (Wildman–Crippen LogP) is 6.27. The van der Waals surface area contributed by atoms with Crippen molar-refractivity contribution < 1.29 is 24.3 Å². The van der Waals surface area contributed by atoms with E-state index < -0.39 is 46.8 Å². The molecule has 44 heavy (non-hydrogen) atoms. The standard InChI is InChI=1S/C35H30Cl2N2O5/c1-2-15-38-31(41)24-13-12-23-25(29(24)33(38)43)18-27-32(42)39(22-10-6-9-20(36)16-22)34(44)35(27,19-7-4-3-5-8-19)30(23)26-17-21(37)11-14-28(26)40/h3-12,14,16-17,24-25,27,29-30,40H,2,13,15,18H2,1H3/t24-,25+,27-,29-,30+,35+/m0/s1. The topological polar surface area (TPSA) is 95.0 Å². The van der Waals surface area contributed by atoms with Crippen LogP contribution in [0.25, 0.3) is 0 Å². The molecule has 224 valence electrons. The highest BCUT2D eigenvalue weighted by atomic mass is 35.5. The number of carbonyl (C=O) groups excluding carboxylic acids is 4. The van der Waals surface area contributed by atoms with E-state index in [0.29, 0.717) is 46.2 Å². The lowest BCUT2D eigenvalue weighted by molar-refractivity contribution is -0.140. The SMILES string of the molecule is CCCN1C(=O)[C@H]2[C@H](CC=C3[C@H]2C[C@H]2C(=O)N(c4cccc(Cl)c4)C(=O)[C@@]2(c2ccccc2)[C@H]3c2cc(Cl)ccc2O)C1=O. The summed E-state index contributed by atoms with van der Waals surface area (Å²) in [6.45, 7) is 2.26. The lowest BCUT2D eigenvalue weighted by Gasteiger charge is -2.50. The van der Waals surface area contributed by atoms with Crippen LogP contribution >= 0.6 is 23.2 Å². The van der Waals surface area contributed by atoms with E-state index in [2.05, 4.69) is 0 Å². The summed E-state index contributed by atoms with van der Waals surface area (Å²) >= 11 is 12.9. The van der Waals surface area contributed by atoms with Crippen LogP contribution in [0, 0.1) is 23.7 Å². The Hall–Kier alpha value is -3.94. The van der Waals surface area contributed by atoms with E-state index in [-0.39, 0.29) is 24.0 Å². The summed E-state index contributed by atoms with van der Waals surface area (Å²) in [7, 11) is 0. The average molecular weight is 630 g/mol. The molecule has 6 atom stereocenters. The zero-order valence-electron chi connectivity index (χ0n) is 24.0. The van der Waals surface area contributed by atoms with Crippen LogP contribution in [-0.4, -0.2) is 40.2 Å². The van der Waals surface area contributed by atoms with E-state index in [1.165, 1.54) is 15.9 Å². The molecular weight excluding hydrogens is 599 g/mol. The summed E-state index contributed by atoms with van der Waals surface area (Å²) in [6.07, 6.45) is 3.13. The molecule has 9 heteroatoms. The minimum Gasteiger partial charge on any atom is -0.508 e. The maximum atomic E-state index is 15.1. The first kappa shape index (κ1) is 28.8. The van der Waals surface area contributed by atoms with Gasteiger partial charge in [0, 0.05) is 28.1 Å². The fraction of sp³-hybridized carbons (Fsp3) is 0.314. The molecule has 2 heterocycles. The van der Waals surface area contributed by atoms with Crippen molar-refractivity contribution in [2.24, 2.45) is 23.7 Å². The predicted molar refractivity (Wildman–Crippen MR) is 166 cm³/mol. The molecule has 0 radical (unpaired) electrons. The molecule has 0 bridgehead atoms. The number of hydrogen-bond acceptors (Lipinski definition) is 5. The number of phenols is 1. The van der Waals surface area contributed by atoms with Crippen molar-refractivity contribution in [2.45, 2.75) is 37.5 Å². The number of halogens is 2. The highest BCUT2D eigenvalue weighted by molar-refractivity contribution is 6.32. The Morgan fingerprint density at radius 1 is 0.864 bits per heavy atom. The van der Waals surface area contributed by atoms with E-state index in [4.69, 9.17) is 23.2 Å². The van der Waals surface area contributed by atoms with Crippen LogP contribution in [0.4, 0.5) is 5.69 Å². The summed E-state index contributed by atoms with van der Waals surface area (Å²) in [5, 5.41) is 12.1. The molecule has 3 aromatic carbocycles. The summed E-state index contributed by atoms with van der Waals surface area (Å²) < 4.78 is 0. The first-order chi connectivity index (χ1) is 21.2. The molecule has 3 fully saturated rings. The molecule has 0 spiro atoms. The molecule has 0 aromatic heterocycles. The van der Waals surface area contributed by atoms with Crippen molar-refractivity contribution in [1.29, 1.82) is 0 Å². The van der Waals surface area contributed by atoms with Gasteiger partial charge in [-0.05, 0) is 67.1 Å². The fourth-order valence-electron chi connectivity index (χ4n) is 8.35. The van der Waals surface area contributed by atoms with Crippen LogP contribution in [0.1, 0.15) is 43.2 Å². The molecule has 2 aliphatic carbocycles. The maximum absolute atomic E-state index is 15.1. The lowest BCUT2D eigenvalue weighted by atomic mass is 9.49. The smallest absolute Gasteiger partial charge is 0.246 e. The van der Waals surface area contributed by atoms with Crippen molar-refractivity contribution in [2.75, 3.05) is 11.4 Å². The van der Waals surface area contributed by atoms with Gasteiger partial charge < -0.3 is 5.11 Å². The van der Waals surface area contributed by atoms with Gasteiger partial charge in [-0.1, -0.05) is 78.2 Å². The van der Waals surface area contributed by atoms with Crippen molar-refractivity contribution in [1.82, 2.24) is 4.90 Å². The molecule has 1 N–H and O–H groups in total. The second kappa shape index (κ2) is 10.6. The van der Waals surface area contributed by atoms with Crippen LogP contribution in [0.2, 0.25) is 10.0 Å². The number of hydrogen-bond donors (Lipinski definition) is 1. The van der Waals surface area contributed by atoms with Gasteiger partial charge in [-0.2, -0.15) is 0 Å². The van der Waals surface area contributed by atoms with Crippen LogP contribution in [0.3, 0.4) is 0 Å². The molecule has 3 aromatic rings. The van der Waals surface area contributed by atoms with Crippen molar-refractivity contribution in [3.8, 4) is 5.75 Å². The second-order valence-corrected chi connectivity index (χ2v) is 13.0. The first-order valence-corrected chi connectivity index (χ1v) is 15.7. The van der Waals surface area contributed by atoms with E-state index in [1.54, 1.807) is 36.4 Å². The minimum atomic E-state index is -1.47. The van der Waals surface area contributed by atoms with Crippen LogP contribution in [0.5, 0.6) is 5.75 Å². The first-order valence-electron chi connectivity index (χ1n) is 14.9. The molecular formula is C35H30Cl2N2O5. The van der Waals surface area contributed by atoms with Gasteiger partial charge in [-0.15, -0.1) is 0 Å². The zero-order valence-corrected chi connectivity index (χ0v) is 25.5. The van der Waals surface area contributed by atoms with Gasteiger partial charge >= 0.3 is 0 Å². The average Bonchev–Trinajstić information content (AvgIpc) is 3.40. The summed E-state index contributed by atoms with van der Waals surface area (Å²) in [5.74, 6) is -4.75. The Balaban J connectivity index is 1.51. The number of rotatable bonds is 5. The number of amides is 4. The third-order valence-corrected chi connectivity index (χ3v) is 10.5. The highest BCUT2D eigenvalue weighted by Gasteiger charge is 2.70. The van der Waals surface area contributed by atoms with Gasteiger partial charge in [0.25, 0.3) is 0 Å². The van der Waals surface area contributed by atoms with Crippen molar-refractivity contribution >= 4 is 52.5 Å². The van der Waals surface area contributed by atoms with Gasteiger partial charge in [0.05, 0.1) is 28.9 Å². The Morgan fingerprint density at radius 3 is 2.34 bits per heavy atom. The third kappa shape index (κ3) is 3.95. The van der Waals surface area contributed by atoms with Gasteiger partial charge in [-0.3, -0.25) is 24.1 Å². The van der Waals surface area contributed by atoms with E-state index in [1.807, 2.05) is 43.3 Å². The van der Waals surface area contributed by atoms with Crippen molar-refractivity contribution in [3.05, 3.63) is 106 Å².